The molecule has 0 aliphatic heterocycles. The fraction of sp³-hybridized carbons (Fsp3) is 0.185. The molecular formula is C27H24BrF2N3O3. The van der Waals surface area contributed by atoms with Crippen molar-refractivity contribution >= 4 is 21.8 Å². The van der Waals surface area contributed by atoms with Crippen molar-refractivity contribution in [3.05, 3.63) is 94.6 Å². The largest absolute Gasteiger partial charge is 0.491 e. The lowest BCUT2D eigenvalue weighted by Gasteiger charge is -2.15. The maximum Gasteiger partial charge on any atom is 0.261 e. The third-order valence-corrected chi connectivity index (χ3v) is 5.83. The average Bonchev–Trinajstić information content (AvgIpc) is 3.30. The van der Waals surface area contributed by atoms with Gasteiger partial charge in [0.15, 0.2) is 29.2 Å². The Morgan fingerprint density at radius 1 is 1.06 bits per heavy atom. The van der Waals surface area contributed by atoms with E-state index in [2.05, 4.69) is 26.3 Å². The summed E-state index contributed by atoms with van der Waals surface area (Å²) in [6.07, 6.45) is 0.829. The number of nitrogens with one attached hydrogen (secondary N) is 1. The number of halogens is 3. The summed E-state index contributed by atoms with van der Waals surface area (Å²) in [5.41, 5.74) is 2.52. The van der Waals surface area contributed by atoms with Gasteiger partial charge in [0.25, 0.3) is 5.91 Å². The predicted molar refractivity (Wildman–Crippen MR) is 136 cm³/mol. The Bertz CT molecular complexity index is 1360. The second kappa shape index (κ2) is 11.3. The van der Waals surface area contributed by atoms with Crippen LogP contribution in [0.4, 0.5) is 8.78 Å². The quantitative estimate of drug-likeness (QED) is 0.272. The number of amides is 1. The summed E-state index contributed by atoms with van der Waals surface area (Å²) in [5.74, 6) is -1.38. The van der Waals surface area contributed by atoms with E-state index < -0.39 is 23.6 Å². The Morgan fingerprint density at radius 2 is 1.78 bits per heavy atom. The SMILES string of the molecule is CCOc1ccc(-c2nn(-c3ccccc3)cc2CNC(=O)C(C)Oc2ccc(Br)cc2F)cc1F. The Balaban J connectivity index is 1.56. The van der Waals surface area contributed by atoms with E-state index in [1.54, 1.807) is 36.0 Å². The van der Waals surface area contributed by atoms with Crippen LogP contribution in [0.15, 0.2) is 77.4 Å². The average molecular weight is 556 g/mol. The molecule has 1 unspecified atom stereocenters. The molecule has 4 aromatic rings. The second-order valence-electron chi connectivity index (χ2n) is 7.91. The number of carbonyl (C=O) groups excluding carboxylic acids is 1. The van der Waals surface area contributed by atoms with Gasteiger partial charge in [-0.25, -0.2) is 13.5 Å². The molecule has 0 aliphatic rings. The molecule has 0 fully saturated rings. The molecule has 1 aromatic heterocycles. The normalized spacial score (nSPS) is 11.7. The summed E-state index contributed by atoms with van der Waals surface area (Å²) in [7, 11) is 0. The first kappa shape index (κ1) is 25.4. The van der Waals surface area contributed by atoms with Crippen molar-refractivity contribution in [1.29, 1.82) is 0 Å². The van der Waals surface area contributed by atoms with E-state index in [1.165, 1.54) is 25.1 Å². The van der Waals surface area contributed by atoms with Gasteiger partial charge in [-0.1, -0.05) is 34.1 Å². The van der Waals surface area contributed by atoms with Gasteiger partial charge < -0.3 is 14.8 Å². The highest BCUT2D eigenvalue weighted by Gasteiger charge is 2.19. The van der Waals surface area contributed by atoms with E-state index in [0.29, 0.717) is 27.9 Å². The summed E-state index contributed by atoms with van der Waals surface area (Å²) in [4.78, 5) is 12.7. The zero-order chi connectivity index (χ0) is 25.7. The highest BCUT2D eigenvalue weighted by Crippen LogP contribution is 2.28. The van der Waals surface area contributed by atoms with Gasteiger partial charge in [-0.2, -0.15) is 5.10 Å². The lowest BCUT2D eigenvalue weighted by atomic mass is 10.1. The molecule has 0 saturated carbocycles. The topological polar surface area (TPSA) is 65.4 Å². The van der Waals surface area contributed by atoms with Crippen molar-refractivity contribution < 1.29 is 23.0 Å². The number of ether oxygens (including phenoxy) is 2. The van der Waals surface area contributed by atoms with Crippen LogP contribution in [0.1, 0.15) is 19.4 Å². The maximum absolute atomic E-state index is 14.6. The molecule has 6 nitrogen and oxygen atoms in total. The Morgan fingerprint density at radius 3 is 2.47 bits per heavy atom. The lowest BCUT2D eigenvalue weighted by Crippen LogP contribution is -2.36. The van der Waals surface area contributed by atoms with E-state index >= 15 is 0 Å². The van der Waals surface area contributed by atoms with Crippen LogP contribution in [-0.2, 0) is 11.3 Å². The minimum atomic E-state index is -0.948. The number of nitrogens with zero attached hydrogens (tertiary/aromatic N) is 2. The van der Waals surface area contributed by atoms with Crippen molar-refractivity contribution in [2.24, 2.45) is 0 Å². The Hall–Kier alpha value is -3.72. The molecule has 0 aliphatic carbocycles. The maximum atomic E-state index is 14.6. The van der Waals surface area contributed by atoms with E-state index in [9.17, 15) is 13.6 Å². The fourth-order valence-corrected chi connectivity index (χ4v) is 3.89. The predicted octanol–water partition coefficient (Wildman–Crippen LogP) is 6.06. The van der Waals surface area contributed by atoms with E-state index in [0.717, 1.165) is 5.69 Å². The molecule has 186 valence electrons. The number of benzene rings is 3. The molecule has 0 radical (unpaired) electrons. The molecule has 0 bridgehead atoms. The summed E-state index contributed by atoms with van der Waals surface area (Å²) >= 11 is 3.19. The van der Waals surface area contributed by atoms with Gasteiger partial charge in [-0.15, -0.1) is 0 Å². The number of para-hydroxylation sites is 1. The van der Waals surface area contributed by atoms with Gasteiger partial charge in [-0.05, 0) is 62.4 Å². The first-order valence-electron chi connectivity index (χ1n) is 11.3. The minimum absolute atomic E-state index is 0.0247. The first-order chi connectivity index (χ1) is 17.4. The molecule has 0 saturated heterocycles. The van der Waals surface area contributed by atoms with Crippen LogP contribution in [0, 0.1) is 11.6 Å². The van der Waals surface area contributed by atoms with Crippen LogP contribution in [0.3, 0.4) is 0 Å². The molecule has 1 amide bonds. The van der Waals surface area contributed by atoms with Crippen LogP contribution in [0.2, 0.25) is 0 Å². The molecule has 0 spiro atoms. The number of rotatable bonds is 9. The smallest absolute Gasteiger partial charge is 0.261 e. The monoisotopic (exact) mass is 555 g/mol. The summed E-state index contributed by atoms with van der Waals surface area (Å²) in [6, 6.07) is 18.4. The molecule has 4 rings (SSSR count). The van der Waals surface area contributed by atoms with Crippen LogP contribution in [0.25, 0.3) is 16.9 Å². The number of carbonyl (C=O) groups is 1. The van der Waals surface area contributed by atoms with Crippen LogP contribution in [-0.4, -0.2) is 28.4 Å². The zero-order valence-corrected chi connectivity index (χ0v) is 21.3. The Kier molecular flexibility index (Phi) is 8.00. The number of aromatic nitrogens is 2. The molecular weight excluding hydrogens is 532 g/mol. The van der Waals surface area contributed by atoms with Crippen molar-refractivity contribution in [3.63, 3.8) is 0 Å². The zero-order valence-electron chi connectivity index (χ0n) is 19.7. The van der Waals surface area contributed by atoms with Gasteiger partial charge in [0, 0.05) is 28.3 Å². The molecule has 1 heterocycles. The van der Waals surface area contributed by atoms with Crippen LogP contribution >= 0.6 is 15.9 Å². The molecule has 1 atom stereocenters. The molecule has 9 heteroatoms. The second-order valence-corrected chi connectivity index (χ2v) is 8.83. The van der Waals surface area contributed by atoms with Gasteiger partial charge in [0.1, 0.15) is 0 Å². The van der Waals surface area contributed by atoms with Crippen molar-refractivity contribution in [2.75, 3.05) is 6.61 Å². The van der Waals surface area contributed by atoms with Gasteiger partial charge >= 0.3 is 0 Å². The molecule has 1 N–H and O–H groups in total. The highest BCUT2D eigenvalue weighted by atomic mass is 79.9. The number of hydrogen-bond donors (Lipinski definition) is 1. The molecule has 36 heavy (non-hydrogen) atoms. The van der Waals surface area contributed by atoms with Crippen molar-refractivity contribution in [3.8, 4) is 28.4 Å². The van der Waals surface area contributed by atoms with Crippen molar-refractivity contribution in [2.45, 2.75) is 26.5 Å². The van der Waals surface area contributed by atoms with Crippen molar-refractivity contribution in [1.82, 2.24) is 15.1 Å². The third kappa shape index (κ3) is 5.91. The Labute approximate surface area is 216 Å². The summed E-state index contributed by atoms with van der Waals surface area (Å²) in [5, 5.41) is 7.45. The van der Waals surface area contributed by atoms with Crippen LogP contribution in [0.5, 0.6) is 11.5 Å². The van der Waals surface area contributed by atoms with Gasteiger partial charge in [-0.3, -0.25) is 4.79 Å². The lowest BCUT2D eigenvalue weighted by molar-refractivity contribution is -0.127. The number of hydrogen-bond acceptors (Lipinski definition) is 4. The summed E-state index contributed by atoms with van der Waals surface area (Å²) in [6.45, 7) is 3.77. The van der Waals surface area contributed by atoms with E-state index in [1.807, 2.05) is 30.3 Å². The van der Waals surface area contributed by atoms with Gasteiger partial charge in [0.2, 0.25) is 0 Å². The first-order valence-corrected chi connectivity index (χ1v) is 12.1. The van der Waals surface area contributed by atoms with Gasteiger partial charge in [0.05, 0.1) is 18.0 Å². The van der Waals surface area contributed by atoms with Crippen LogP contribution < -0.4 is 14.8 Å². The molecule has 3 aromatic carbocycles. The summed E-state index contributed by atoms with van der Waals surface area (Å²) < 4.78 is 41.7. The van der Waals surface area contributed by atoms with E-state index in [-0.39, 0.29) is 18.0 Å². The fourth-order valence-electron chi connectivity index (χ4n) is 3.56. The third-order valence-electron chi connectivity index (χ3n) is 5.34. The highest BCUT2D eigenvalue weighted by molar-refractivity contribution is 9.10. The standard InChI is InChI=1S/C27H24BrF2N3O3/c1-3-35-24-11-9-18(13-22(24)29)26-19(16-33(32-26)21-7-5-4-6-8-21)15-31-27(34)17(2)36-25-12-10-20(28)14-23(25)30/h4-14,16-17H,3,15H2,1-2H3,(H,31,34). The minimum Gasteiger partial charge on any atom is -0.491 e. The van der Waals surface area contributed by atoms with E-state index in [4.69, 9.17) is 9.47 Å².